The first-order valence-electron chi connectivity index (χ1n) is 29.4. The minimum Gasteiger partial charge on any atom is -0.458 e. The second-order valence-electron chi connectivity index (χ2n) is 22.1. The van der Waals surface area contributed by atoms with Gasteiger partial charge >= 0.3 is 0 Å². The predicted octanol–water partition coefficient (Wildman–Crippen LogP) is 16.2. The molecule has 0 aromatic heterocycles. The van der Waals surface area contributed by atoms with E-state index < -0.39 is 0 Å². The highest BCUT2D eigenvalue weighted by Crippen LogP contribution is 2.52. The lowest BCUT2D eigenvalue weighted by molar-refractivity contribution is 0.487. The Morgan fingerprint density at radius 3 is 1.23 bits per heavy atom. The Morgan fingerprint density at radius 2 is 0.702 bits per heavy atom. The SMILES string of the molecule is CCc1cccc(CC)c1N1c2cc3c(cc2B2c4ccccc4N(c4ccccc4)c4cc(N(c5ccccc5)c5ccccc5)cc1c42)B1c2ccccc2Oc2cc(N(c4ccccc4)c4ccccc4)cc(c21)N3c1ccccc1. The highest BCUT2D eigenvalue weighted by molar-refractivity contribution is 7.02. The number of ether oxygens (including phenoxy) is 1. The molecule has 0 aliphatic carbocycles. The van der Waals surface area contributed by atoms with Gasteiger partial charge < -0.3 is 29.2 Å². The van der Waals surface area contributed by atoms with Crippen LogP contribution in [-0.4, -0.2) is 13.4 Å². The molecule has 0 saturated heterocycles. The normalized spacial score (nSPS) is 13.0. The van der Waals surface area contributed by atoms with E-state index in [0.717, 1.165) is 109 Å². The predicted molar refractivity (Wildman–Crippen MR) is 354 cm³/mol. The first kappa shape index (κ1) is 49.4. The topological polar surface area (TPSA) is 25.4 Å². The summed E-state index contributed by atoms with van der Waals surface area (Å²) < 4.78 is 7.26. The molecule has 398 valence electrons. The Morgan fingerprint density at radius 1 is 0.298 bits per heavy atom. The summed E-state index contributed by atoms with van der Waals surface area (Å²) in [6.07, 6.45) is 1.72. The van der Waals surface area contributed by atoms with E-state index in [4.69, 9.17) is 4.74 Å². The highest BCUT2D eigenvalue weighted by atomic mass is 16.5. The fourth-order valence-electron chi connectivity index (χ4n) is 14.0. The number of nitrogens with zero attached hydrogens (tertiary/aromatic N) is 5. The first-order chi connectivity index (χ1) is 41.6. The van der Waals surface area contributed by atoms with Gasteiger partial charge in [-0.3, -0.25) is 0 Å². The average Bonchev–Trinajstić information content (AvgIpc) is 0.882. The summed E-state index contributed by atoms with van der Waals surface area (Å²) in [6, 6.07) is 105. The van der Waals surface area contributed by atoms with Gasteiger partial charge in [-0.25, -0.2) is 0 Å². The lowest BCUT2D eigenvalue weighted by Crippen LogP contribution is -2.64. The molecular formula is C76H57B2N5O. The van der Waals surface area contributed by atoms with Crippen molar-refractivity contribution in [2.45, 2.75) is 26.7 Å². The number of hydrogen-bond donors (Lipinski definition) is 0. The minimum absolute atomic E-state index is 0.147. The van der Waals surface area contributed by atoms with E-state index >= 15 is 0 Å². The van der Waals surface area contributed by atoms with Crippen LogP contribution in [0, 0.1) is 0 Å². The fourth-order valence-corrected chi connectivity index (χ4v) is 14.0. The molecule has 0 amide bonds. The summed E-state index contributed by atoms with van der Waals surface area (Å²) in [6.45, 7) is 4.31. The van der Waals surface area contributed by atoms with Gasteiger partial charge in [-0.1, -0.05) is 184 Å². The minimum atomic E-state index is -0.160. The van der Waals surface area contributed by atoms with Crippen LogP contribution in [0.5, 0.6) is 11.5 Å². The molecular weight excluding hydrogens is 1020 g/mol. The number of hydrogen-bond acceptors (Lipinski definition) is 6. The van der Waals surface area contributed by atoms with Crippen LogP contribution in [0.15, 0.2) is 285 Å². The van der Waals surface area contributed by atoms with Crippen LogP contribution in [0.2, 0.25) is 0 Å². The van der Waals surface area contributed by atoms with Crippen LogP contribution in [0.25, 0.3) is 0 Å². The molecule has 8 heteroatoms. The van der Waals surface area contributed by atoms with Crippen molar-refractivity contribution in [1.82, 2.24) is 0 Å². The van der Waals surface area contributed by atoms with Crippen LogP contribution in [0.4, 0.5) is 85.3 Å². The van der Waals surface area contributed by atoms with Gasteiger partial charge in [-0.05, 0) is 166 Å². The number of anilines is 15. The molecule has 0 radical (unpaired) electrons. The van der Waals surface area contributed by atoms with Gasteiger partial charge in [0.1, 0.15) is 11.5 Å². The summed E-state index contributed by atoms with van der Waals surface area (Å²) >= 11 is 0. The molecule has 6 nitrogen and oxygen atoms in total. The zero-order chi connectivity index (χ0) is 55.8. The highest BCUT2D eigenvalue weighted by Gasteiger charge is 2.48. The lowest BCUT2D eigenvalue weighted by atomic mass is 9.30. The number of fused-ring (bicyclic) bond motifs is 8. The number of rotatable bonds is 11. The zero-order valence-corrected chi connectivity index (χ0v) is 46.8. The third-order valence-electron chi connectivity index (χ3n) is 17.5. The molecule has 4 heterocycles. The van der Waals surface area contributed by atoms with Crippen molar-refractivity contribution in [3.05, 3.63) is 296 Å². The van der Waals surface area contributed by atoms with E-state index in [1.807, 2.05) is 0 Å². The smallest absolute Gasteiger partial charge is 0.256 e. The zero-order valence-electron chi connectivity index (χ0n) is 46.8. The molecule has 12 aromatic carbocycles. The van der Waals surface area contributed by atoms with Gasteiger partial charge in [0.2, 0.25) is 0 Å². The maximum Gasteiger partial charge on any atom is 0.256 e. The summed E-state index contributed by atoms with van der Waals surface area (Å²) in [5.74, 6) is 1.72. The Balaban J connectivity index is 1.04. The van der Waals surface area contributed by atoms with E-state index in [-0.39, 0.29) is 13.4 Å². The van der Waals surface area contributed by atoms with E-state index in [1.54, 1.807) is 0 Å². The van der Waals surface area contributed by atoms with Crippen LogP contribution >= 0.6 is 0 Å². The van der Waals surface area contributed by atoms with Crippen molar-refractivity contribution in [3.8, 4) is 11.5 Å². The first-order valence-corrected chi connectivity index (χ1v) is 29.4. The van der Waals surface area contributed by atoms with Crippen molar-refractivity contribution in [3.63, 3.8) is 0 Å². The average molecular weight is 1080 g/mol. The van der Waals surface area contributed by atoms with Gasteiger partial charge in [0.05, 0.1) is 17.1 Å². The molecule has 0 N–H and O–H groups in total. The molecule has 12 aromatic rings. The largest absolute Gasteiger partial charge is 0.458 e. The van der Waals surface area contributed by atoms with Gasteiger partial charge in [-0.2, -0.15) is 0 Å². The van der Waals surface area contributed by atoms with Crippen molar-refractivity contribution in [1.29, 1.82) is 0 Å². The van der Waals surface area contributed by atoms with Gasteiger partial charge in [0.15, 0.2) is 0 Å². The molecule has 0 unspecified atom stereocenters. The van der Waals surface area contributed by atoms with Gasteiger partial charge in [0.25, 0.3) is 13.4 Å². The molecule has 84 heavy (non-hydrogen) atoms. The maximum atomic E-state index is 7.26. The van der Waals surface area contributed by atoms with E-state index in [0.29, 0.717) is 0 Å². The molecule has 0 fully saturated rings. The Hall–Kier alpha value is -10.4. The lowest BCUT2D eigenvalue weighted by Gasteiger charge is -2.47. The Bertz CT molecular complexity index is 4370. The van der Waals surface area contributed by atoms with Crippen molar-refractivity contribution in [2.24, 2.45) is 0 Å². The second kappa shape index (κ2) is 20.2. The van der Waals surface area contributed by atoms with Crippen LogP contribution < -0.4 is 62.0 Å². The van der Waals surface area contributed by atoms with Crippen LogP contribution in [0.3, 0.4) is 0 Å². The molecule has 4 aliphatic rings. The second-order valence-corrected chi connectivity index (χ2v) is 22.1. The Kier molecular flexibility index (Phi) is 11.9. The molecule has 0 spiro atoms. The van der Waals surface area contributed by atoms with E-state index in [2.05, 4.69) is 323 Å². The fraction of sp³-hybridized carbons (Fsp3) is 0.0526. The van der Waals surface area contributed by atoms with Crippen molar-refractivity contribution >= 4 is 132 Å². The third-order valence-corrected chi connectivity index (χ3v) is 17.5. The maximum absolute atomic E-state index is 7.26. The van der Waals surface area contributed by atoms with Gasteiger partial charge in [0, 0.05) is 74.3 Å². The number of aryl methyl sites for hydroxylation is 2. The van der Waals surface area contributed by atoms with Crippen LogP contribution in [0.1, 0.15) is 25.0 Å². The summed E-state index contributed by atoms with van der Waals surface area (Å²) in [5, 5.41) is 0. The summed E-state index contributed by atoms with van der Waals surface area (Å²) in [5.41, 5.74) is 26.6. The molecule has 0 bridgehead atoms. The summed E-state index contributed by atoms with van der Waals surface area (Å²) in [4.78, 5) is 12.5. The van der Waals surface area contributed by atoms with E-state index in [9.17, 15) is 0 Å². The van der Waals surface area contributed by atoms with Gasteiger partial charge in [-0.15, -0.1) is 0 Å². The van der Waals surface area contributed by atoms with Crippen molar-refractivity contribution in [2.75, 3.05) is 24.5 Å². The van der Waals surface area contributed by atoms with Crippen LogP contribution in [-0.2, 0) is 12.8 Å². The standard InChI is InChI=1S/C76H57B2N5O/c1-3-52-28-27-29-53(4-2)76(52)83-68-51-67-64(78-63-43-24-26-45-72(63)84-73-49-61(48-71(75(73)78)82(67)59-40-21-10-22-41-59)80(56-34-15-7-16-35-56)57-36-17-8-18-37-57)50-65(68)77-62-42-23-25-44-66(62)81(58-38-19-9-20-39-58)69-46-60(47-70(83)74(69)77)79(54-30-11-5-12-31-54)55-32-13-6-14-33-55/h5-51H,3-4H2,1-2H3. The number of benzene rings is 12. The molecule has 0 atom stereocenters. The Labute approximate surface area is 492 Å². The molecule has 4 aliphatic heterocycles. The van der Waals surface area contributed by atoms with E-state index in [1.165, 1.54) is 44.4 Å². The monoisotopic (exact) mass is 1080 g/mol. The molecule has 16 rings (SSSR count). The quantitative estimate of drug-likeness (QED) is 0.120. The summed E-state index contributed by atoms with van der Waals surface area (Å²) in [7, 11) is 0. The third kappa shape index (κ3) is 7.81. The van der Waals surface area contributed by atoms with Crippen molar-refractivity contribution < 1.29 is 4.74 Å². The molecule has 0 saturated carbocycles. The number of para-hydroxylation sites is 9.